The predicted octanol–water partition coefficient (Wildman–Crippen LogP) is 2.41. The summed E-state index contributed by atoms with van der Waals surface area (Å²) in [5.74, 6) is -0.383. The molecule has 136 valence electrons. The van der Waals surface area contributed by atoms with Crippen LogP contribution in [0.1, 0.15) is 22.0 Å². The lowest BCUT2D eigenvalue weighted by molar-refractivity contribution is -0.148. The average molecular weight is 374 g/mol. The molecule has 1 atom stereocenters. The van der Waals surface area contributed by atoms with E-state index in [2.05, 4.69) is 4.98 Å². The van der Waals surface area contributed by atoms with Crippen LogP contribution >= 0.6 is 11.6 Å². The minimum Gasteiger partial charge on any atom is -0.468 e. The Morgan fingerprint density at radius 3 is 2.35 bits per heavy atom. The number of esters is 1. The molecule has 0 aliphatic carbocycles. The molecule has 1 aliphatic heterocycles. The molecule has 0 N–H and O–H groups in total. The lowest BCUT2D eigenvalue weighted by Crippen LogP contribution is -2.51. The molecule has 1 aliphatic rings. The fraction of sp³-hybridized carbons (Fsp3) is 0.316. The van der Waals surface area contributed by atoms with Crippen LogP contribution in [-0.4, -0.2) is 59.9 Å². The first-order chi connectivity index (χ1) is 12.6. The second kappa shape index (κ2) is 8.29. The number of nitrogens with zero attached hydrogens (tertiary/aromatic N) is 3. The highest BCUT2D eigenvalue weighted by atomic mass is 35.5. The van der Waals surface area contributed by atoms with Crippen LogP contribution in [0.2, 0.25) is 5.02 Å². The average Bonchev–Trinajstić information content (AvgIpc) is 2.70. The van der Waals surface area contributed by atoms with Gasteiger partial charge in [-0.2, -0.15) is 0 Å². The maximum absolute atomic E-state index is 12.6. The molecule has 3 rings (SSSR count). The van der Waals surface area contributed by atoms with Crippen LogP contribution in [0.5, 0.6) is 0 Å². The van der Waals surface area contributed by atoms with E-state index >= 15 is 0 Å². The minimum absolute atomic E-state index is 0.0283. The van der Waals surface area contributed by atoms with Gasteiger partial charge in [0.15, 0.2) is 0 Å². The van der Waals surface area contributed by atoms with E-state index in [1.54, 1.807) is 35.5 Å². The number of aromatic nitrogens is 1. The second-order valence-corrected chi connectivity index (χ2v) is 6.42. The fourth-order valence-corrected chi connectivity index (χ4v) is 3.38. The van der Waals surface area contributed by atoms with Gasteiger partial charge in [-0.15, -0.1) is 0 Å². The molecule has 1 aromatic carbocycles. The summed E-state index contributed by atoms with van der Waals surface area (Å²) in [7, 11) is 1.37. The highest BCUT2D eigenvalue weighted by Gasteiger charge is 2.33. The number of rotatable bonds is 4. The summed E-state index contributed by atoms with van der Waals surface area (Å²) >= 11 is 6.29. The number of carbonyl (C=O) groups excluding carboxylic acids is 2. The molecule has 0 bridgehead atoms. The molecule has 1 saturated heterocycles. The van der Waals surface area contributed by atoms with Crippen molar-refractivity contribution in [1.82, 2.24) is 14.8 Å². The predicted molar refractivity (Wildman–Crippen MR) is 97.9 cm³/mol. The van der Waals surface area contributed by atoms with Crippen LogP contribution in [0.15, 0.2) is 48.8 Å². The van der Waals surface area contributed by atoms with Crippen molar-refractivity contribution in [2.24, 2.45) is 0 Å². The molecule has 1 fully saturated rings. The molecule has 0 unspecified atom stereocenters. The maximum Gasteiger partial charge on any atom is 0.327 e. The number of ether oxygens (including phenoxy) is 1. The third-order valence-electron chi connectivity index (χ3n) is 4.52. The van der Waals surface area contributed by atoms with Gasteiger partial charge in [-0.05, 0) is 23.8 Å². The van der Waals surface area contributed by atoms with Gasteiger partial charge in [-0.25, -0.2) is 4.79 Å². The number of pyridine rings is 1. The Balaban J connectivity index is 1.73. The Morgan fingerprint density at radius 2 is 1.73 bits per heavy atom. The number of carbonyl (C=O) groups is 2. The SMILES string of the molecule is COC(=O)[C@@H](c1ccccc1Cl)N1CCN(C(=O)c2ccncc2)CC1. The summed E-state index contributed by atoms with van der Waals surface area (Å²) in [5.41, 5.74) is 1.33. The fourth-order valence-electron chi connectivity index (χ4n) is 3.14. The quantitative estimate of drug-likeness (QED) is 0.770. The lowest BCUT2D eigenvalue weighted by Gasteiger charge is -2.38. The summed E-state index contributed by atoms with van der Waals surface area (Å²) in [5, 5.41) is 0.526. The van der Waals surface area contributed by atoms with E-state index in [1.165, 1.54) is 7.11 Å². The molecule has 1 amide bonds. The van der Waals surface area contributed by atoms with E-state index in [0.717, 1.165) is 5.56 Å². The van der Waals surface area contributed by atoms with Crippen molar-refractivity contribution in [3.63, 3.8) is 0 Å². The van der Waals surface area contributed by atoms with Crippen LogP contribution in [0.4, 0.5) is 0 Å². The van der Waals surface area contributed by atoms with Crippen molar-refractivity contribution < 1.29 is 14.3 Å². The number of methoxy groups -OCH3 is 1. The summed E-state index contributed by atoms with van der Waals surface area (Å²) in [6, 6.07) is 10.1. The molecule has 2 heterocycles. The van der Waals surface area contributed by atoms with Gasteiger partial charge in [0.1, 0.15) is 6.04 Å². The molecule has 0 radical (unpaired) electrons. The van der Waals surface area contributed by atoms with Crippen LogP contribution in [0, 0.1) is 0 Å². The monoisotopic (exact) mass is 373 g/mol. The Morgan fingerprint density at radius 1 is 1.08 bits per heavy atom. The van der Waals surface area contributed by atoms with Crippen molar-refractivity contribution >= 4 is 23.5 Å². The summed E-state index contributed by atoms with van der Waals surface area (Å²) < 4.78 is 4.99. The Bertz CT molecular complexity index is 777. The number of amides is 1. The van der Waals surface area contributed by atoms with Crippen molar-refractivity contribution in [3.05, 3.63) is 64.9 Å². The van der Waals surface area contributed by atoms with Gasteiger partial charge in [0.2, 0.25) is 0 Å². The molecule has 1 aromatic heterocycles. The number of hydrogen-bond donors (Lipinski definition) is 0. The zero-order valence-electron chi connectivity index (χ0n) is 14.5. The molecule has 6 nitrogen and oxygen atoms in total. The highest BCUT2D eigenvalue weighted by molar-refractivity contribution is 6.31. The summed E-state index contributed by atoms with van der Waals surface area (Å²) in [6.45, 7) is 2.17. The number of hydrogen-bond acceptors (Lipinski definition) is 5. The molecule has 0 saturated carbocycles. The number of halogens is 1. The number of benzene rings is 1. The first kappa shape index (κ1) is 18.4. The van der Waals surface area contributed by atoms with Gasteiger partial charge in [0.05, 0.1) is 7.11 Å². The normalized spacial score (nSPS) is 16.2. The van der Waals surface area contributed by atoms with Gasteiger partial charge in [-0.1, -0.05) is 29.8 Å². The Labute approximate surface area is 157 Å². The maximum atomic E-state index is 12.6. The van der Waals surface area contributed by atoms with Crippen LogP contribution < -0.4 is 0 Å². The van der Waals surface area contributed by atoms with Crippen molar-refractivity contribution in [3.8, 4) is 0 Å². The summed E-state index contributed by atoms with van der Waals surface area (Å²) in [6.07, 6.45) is 3.21. The van der Waals surface area contributed by atoms with Crippen molar-refractivity contribution in [2.75, 3.05) is 33.3 Å². The van der Waals surface area contributed by atoms with Crippen molar-refractivity contribution in [1.29, 1.82) is 0 Å². The van der Waals surface area contributed by atoms with Gasteiger partial charge in [0.25, 0.3) is 5.91 Å². The van der Waals surface area contributed by atoms with Crippen LogP contribution in [-0.2, 0) is 9.53 Å². The van der Waals surface area contributed by atoms with E-state index in [4.69, 9.17) is 16.3 Å². The number of piperazine rings is 1. The smallest absolute Gasteiger partial charge is 0.327 e. The second-order valence-electron chi connectivity index (χ2n) is 6.01. The van der Waals surface area contributed by atoms with E-state index in [0.29, 0.717) is 36.8 Å². The van der Waals surface area contributed by atoms with Gasteiger partial charge >= 0.3 is 5.97 Å². The summed E-state index contributed by atoms with van der Waals surface area (Å²) in [4.78, 5) is 32.7. The van der Waals surface area contributed by atoms with Gasteiger partial charge in [-0.3, -0.25) is 14.7 Å². The van der Waals surface area contributed by atoms with Gasteiger partial charge < -0.3 is 9.64 Å². The zero-order valence-corrected chi connectivity index (χ0v) is 15.2. The van der Waals surface area contributed by atoms with Gasteiger partial charge in [0, 0.05) is 49.2 Å². The Kier molecular flexibility index (Phi) is 5.85. The first-order valence-corrected chi connectivity index (χ1v) is 8.75. The minimum atomic E-state index is -0.577. The zero-order chi connectivity index (χ0) is 18.5. The third-order valence-corrected chi connectivity index (χ3v) is 4.86. The van der Waals surface area contributed by atoms with Crippen LogP contribution in [0.3, 0.4) is 0 Å². The van der Waals surface area contributed by atoms with E-state index in [9.17, 15) is 9.59 Å². The van der Waals surface area contributed by atoms with Crippen LogP contribution in [0.25, 0.3) is 0 Å². The molecule has 7 heteroatoms. The Hall–Kier alpha value is -2.44. The largest absolute Gasteiger partial charge is 0.468 e. The molecule has 2 aromatic rings. The third kappa shape index (κ3) is 3.86. The molecule has 0 spiro atoms. The topological polar surface area (TPSA) is 62.7 Å². The van der Waals surface area contributed by atoms with Crippen molar-refractivity contribution in [2.45, 2.75) is 6.04 Å². The molecular formula is C19H20ClN3O3. The standard InChI is InChI=1S/C19H20ClN3O3/c1-26-19(25)17(15-4-2-3-5-16(15)20)22-10-12-23(13-11-22)18(24)14-6-8-21-9-7-14/h2-9,17H,10-13H2,1H3/t17-/m1/s1. The first-order valence-electron chi connectivity index (χ1n) is 8.37. The van der Waals surface area contributed by atoms with E-state index in [1.807, 2.05) is 23.1 Å². The lowest BCUT2D eigenvalue weighted by atomic mass is 10.0. The molecular weight excluding hydrogens is 354 g/mol. The molecule has 26 heavy (non-hydrogen) atoms. The van der Waals surface area contributed by atoms with E-state index in [-0.39, 0.29) is 11.9 Å². The van der Waals surface area contributed by atoms with E-state index < -0.39 is 6.04 Å². The highest BCUT2D eigenvalue weighted by Crippen LogP contribution is 2.29.